The van der Waals surface area contributed by atoms with Crippen molar-refractivity contribution in [3.05, 3.63) is 89.7 Å². The molecule has 5 rings (SSSR count). The van der Waals surface area contributed by atoms with Gasteiger partial charge in [-0.1, -0.05) is 30.3 Å². The molecule has 6 nitrogen and oxygen atoms in total. The van der Waals surface area contributed by atoms with E-state index in [1.165, 1.54) is 18.2 Å². The van der Waals surface area contributed by atoms with Gasteiger partial charge in [0.15, 0.2) is 0 Å². The first-order chi connectivity index (χ1) is 17.0. The Morgan fingerprint density at radius 2 is 1.51 bits per heavy atom. The number of H-pyrrole nitrogens is 1. The van der Waals surface area contributed by atoms with Gasteiger partial charge in [0.2, 0.25) is 5.91 Å². The van der Waals surface area contributed by atoms with E-state index >= 15 is 0 Å². The van der Waals surface area contributed by atoms with E-state index < -0.39 is 0 Å². The lowest BCUT2D eigenvalue weighted by Gasteiger charge is -2.35. The lowest BCUT2D eigenvalue weighted by atomic mass is 10.0. The maximum atomic E-state index is 13.5. The van der Waals surface area contributed by atoms with Gasteiger partial charge in [-0.2, -0.15) is 0 Å². The first kappa shape index (κ1) is 22.7. The van der Waals surface area contributed by atoms with Crippen molar-refractivity contribution in [1.82, 2.24) is 14.8 Å². The van der Waals surface area contributed by atoms with Gasteiger partial charge >= 0.3 is 0 Å². The number of hydrogen-bond donors (Lipinski definition) is 2. The van der Waals surface area contributed by atoms with Crippen molar-refractivity contribution in [1.29, 1.82) is 0 Å². The van der Waals surface area contributed by atoms with Gasteiger partial charge in [-0.3, -0.25) is 9.59 Å². The van der Waals surface area contributed by atoms with Crippen LogP contribution in [0.15, 0.2) is 72.8 Å². The maximum absolute atomic E-state index is 13.5. The van der Waals surface area contributed by atoms with Gasteiger partial charge < -0.3 is 19.9 Å². The first-order valence-electron chi connectivity index (χ1n) is 11.7. The molecule has 4 aromatic rings. The summed E-state index contributed by atoms with van der Waals surface area (Å²) in [5.41, 5.74) is 4.07. The summed E-state index contributed by atoms with van der Waals surface area (Å²) in [5, 5.41) is 11.0. The topological polar surface area (TPSA) is 76.6 Å². The molecule has 7 heteroatoms. The molecule has 0 unspecified atom stereocenters. The molecule has 1 aliphatic heterocycles. The van der Waals surface area contributed by atoms with Crippen LogP contribution in [0.4, 0.5) is 4.39 Å². The number of hydrogen-bond acceptors (Lipinski definition) is 3. The molecule has 35 heavy (non-hydrogen) atoms. The minimum Gasteiger partial charge on any atom is -0.507 e. The summed E-state index contributed by atoms with van der Waals surface area (Å²) in [6.45, 7) is 1.76. The molecule has 2 N–H and O–H groups in total. The van der Waals surface area contributed by atoms with Crippen LogP contribution in [0.25, 0.3) is 22.2 Å². The summed E-state index contributed by atoms with van der Waals surface area (Å²) < 4.78 is 13.5. The Bertz CT molecular complexity index is 1370. The molecule has 0 spiro atoms. The van der Waals surface area contributed by atoms with E-state index in [9.17, 15) is 19.1 Å². The number of piperazine rings is 1. The number of phenolic OH excluding ortho intramolecular Hbond substituents is 1. The molecule has 0 radical (unpaired) electrons. The summed E-state index contributed by atoms with van der Waals surface area (Å²) in [7, 11) is 0. The van der Waals surface area contributed by atoms with E-state index in [-0.39, 0.29) is 28.9 Å². The van der Waals surface area contributed by atoms with Crippen LogP contribution in [0, 0.1) is 5.82 Å². The largest absolute Gasteiger partial charge is 0.507 e. The van der Waals surface area contributed by atoms with E-state index in [4.69, 9.17) is 0 Å². The van der Waals surface area contributed by atoms with E-state index in [2.05, 4.69) is 4.98 Å². The zero-order chi connectivity index (χ0) is 24.4. The van der Waals surface area contributed by atoms with Gasteiger partial charge in [0.05, 0.1) is 5.56 Å². The van der Waals surface area contributed by atoms with Gasteiger partial charge in [0.25, 0.3) is 5.91 Å². The summed E-state index contributed by atoms with van der Waals surface area (Å²) >= 11 is 0. The Hall–Kier alpha value is -4.13. The molecule has 1 fully saturated rings. The molecule has 0 bridgehead atoms. The highest BCUT2D eigenvalue weighted by atomic mass is 19.1. The molecule has 178 valence electrons. The van der Waals surface area contributed by atoms with Gasteiger partial charge in [-0.25, -0.2) is 4.39 Å². The van der Waals surface area contributed by atoms with Gasteiger partial charge in [-0.15, -0.1) is 0 Å². The van der Waals surface area contributed by atoms with Crippen LogP contribution in [0.3, 0.4) is 0 Å². The lowest BCUT2D eigenvalue weighted by molar-refractivity contribution is -0.132. The Kier molecular flexibility index (Phi) is 6.23. The van der Waals surface area contributed by atoms with Crippen LogP contribution < -0.4 is 0 Å². The van der Waals surface area contributed by atoms with Crippen molar-refractivity contribution in [2.45, 2.75) is 12.8 Å². The van der Waals surface area contributed by atoms with E-state index in [0.29, 0.717) is 39.0 Å². The second-order valence-electron chi connectivity index (χ2n) is 8.72. The Balaban J connectivity index is 1.26. The fraction of sp³-hybridized carbons (Fsp3) is 0.214. The smallest absolute Gasteiger partial charge is 0.257 e. The molecule has 3 aromatic carbocycles. The third kappa shape index (κ3) is 4.62. The quantitative estimate of drug-likeness (QED) is 0.447. The van der Waals surface area contributed by atoms with Crippen molar-refractivity contribution in [2.24, 2.45) is 0 Å². The summed E-state index contributed by atoms with van der Waals surface area (Å²) in [6, 6.07) is 20.8. The zero-order valence-electron chi connectivity index (χ0n) is 19.2. The molecular weight excluding hydrogens is 445 g/mol. The van der Waals surface area contributed by atoms with Crippen LogP contribution >= 0.6 is 0 Å². The second kappa shape index (κ2) is 9.62. The predicted octanol–water partition coefficient (Wildman–Crippen LogP) is 4.60. The molecule has 0 saturated carbocycles. The summed E-state index contributed by atoms with van der Waals surface area (Å²) in [5.74, 6) is -0.513. The number of nitrogens with one attached hydrogen (secondary N) is 1. The molecular formula is C28H26FN3O3. The van der Waals surface area contributed by atoms with Crippen molar-refractivity contribution >= 4 is 22.7 Å². The van der Waals surface area contributed by atoms with Crippen LogP contribution in [-0.4, -0.2) is 57.9 Å². The number of nitrogens with zero attached hydrogens (tertiary/aromatic N) is 2. The number of rotatable bonds is 5. The number of benzene rings is 3. The molecule has 0 atom stereocenters. The average molecular weight is 472 g/mol. The standard InChI is InChI=1S/C28H26FN3O3/c29-20-11-9-19(10-12-20)27-22(21-5-1-3-7-24(21)30-27)13-14-26(34)31-15-17-32(18-16-31)28(35)23-6-2-4-8-25(23)33/h1-12,30,33H,13-18H2. The van der Waals surface area contributed by atoms with E-state index in [0.717, 1.165) is 27.7 Å². The number of amides is 2. The van der Waals surface area contributed by atoms with E-state index in [1.54, 1.807) is 40.1 Å². The zero-order valence-corrected chi connectivity index (χ0v) is 19.2. The highest BCUT2D eigenvalue weighted by molar-refractivity contribution is 5.97. The number of halogens is 1. The number of aromatic amines is 1. The SMILES string of the molecule is O=C(CCc1c(-c2ccc(F)cc2)[nH]c2ccccc12)N1CCN(C(=O)c2ccccc2O)CC1. The highest BCUT2D eigenvalue weighted by Gasteiger charge is 2.26. The van der Waals surface area contributed by atoms with Crippen molar-refractivity contribution in [3.8, 4) is 17.0 Å². The fourth-order valence-electron chi connectivity index (χ4n) is 4.70. The van der Waals surface area contributed by atoms with Crippen molar-refractivity contribution in [2.75, 3.05) is 26.2 Å². The molecule has 1 aromatic heterocycles. The number of phenols is 1. The Morgan fingerprint density at radius 1 is 0.857 bits per heavy atom. The second-order valence-corrected chi connectivity index (χ2v) is 8.72. The predicted molar refractivity (Wildman–Crippen MR) is 133 cm³/mol. The number of aryl methyl sites for hydroxylation is 1. The monoisotopic (exact) mass is 471 g/mol. The summed E-state index contributed by atoms with van der Waals surface area (Å²) in [4.78, 5) is 32.7. The van der Waals surface area contributed by atoms with E-state index in [1.807, 2.05) is 24.3 Å². The highest BCUT2D eigenvalue weighted by Crippen LogP contribution is 2.31. The molecule has 1 aliphatic rings. The fourth-order valence-corrected chi connectivity index (χ4v) is 4.70. The number of carbonyl (C=O) groups excluding carboxylic acids is 2. The third-order valence-electron chi connectivity index (χ3n) is 6.59. The Labute approximate surface area is 202 Å². The molecule has 2 amide bonds. The van der Waals surface area contributed by atoms with Crippen LogP contribution in [0.5, 0.6) is 5.75 Å². The number of carbonyl (C=O) groups is 2. The number of aromatic nitrogens is 1. The summed E-state index contributed by atoms with van der Waals surface area (Å²) in [6.07, 6.45) is 0.885. The van der Waals surface area contributed by atoms with Crippen molar-refractivity contribution in [3.63, 3.8) is 0 Å². The van der Waals surface area contributed by atoms with Crippen LogP contribution in [0.2, 0.25) is 0 Å². The van der Waals surface area contributed by atoms with Gasteiger partial charge in [-0.05, 0) is 60.0 Å². The normalized spacial score (nSPS) is 13.9. The maximum Gasteiger partial charge on any atom is 0.257 e. The molecule has 0 aliphatic carbocycles. The Morgan fingerprint density at radius 3 is 2.26 bits per heavy atom. The number of fused-ring (bicyclic) bond motifs is 1. The molecule has 1 saturated heterocycles. The first-order valence-corrected chi connectivity index (χ1v) is 11.7. The van der Waals surface area contributed by atoms with Crippen LogP contribution in [0.1, 0.15) is 22.3 Å². The van der Waals surface area contributed by atoms with Crippen LogP contribution in [-0.2, 0) is 11.2 Å². The molecule has 2 heterocycles. The van der Waals surface area contributed by atoms with Gasteiger partial charge in [0.1, 0.15) is 11.6 Å². The minimum absolute atomic E-state index is 0.0355. The van der Waals surface area contributed by atoms with Crippen molar-refractivity contribution < 1.29 is 19.1 Å². The number of aromatic hydroxyl groups is 1. The minimum atomic E-state index is -0.290. The number of para-hydroxylation sites is 2. The average Bonchev–Trinajstić information content (AvgIpc) is 3.26. The van der Waals surface area contributed by atoms with Gasteiger partial charge in [0, 0.05) is 49.2 Å². The third-order valence-corrected chi connectivity index (χ3v) is 6.59. The lowest BCUT2D eigenvalue weighted by Crippen LogP contribution is -2.50.